The summed E-state index contributed by atoms with van der Waals surface area (Å²) >= 11 is 0. The van der Waals surface area contributed by atoms with Crippen LogP contribution in [-0.2, 0) is 4.74 Å². The average Bonchev–Trinajstić information content (AvgIpc) is 3.15. The number of fused-ring (bicyclic) bond motifs is 1. The Balaban J connectivity index is 1.43. The van der Waals surface area contributed by atoms with Gasteiger partial charge in [-0.25, -0.2) is 13.9 Å². The molecular formula is C23H22FN7O2. The van der Waals surface area contributed by atoms with E-state index in [0.717, 1.165) is 46.8 Å². The number of morpholine rings is 1. The number of aromatic nitrogens is 4. The number of anilines is 2. The molecule has 3 N–H and O–H groups in total. The zero-order valence-corrected chi connectivity index (χ0v) is 17.9. The lowest BCUT2D eigenvalue weighted by atomic mass is 9.99. The number of nitrogens with zero attached hydrogens (tertiary/aromatic N) is 5. The molecule has 10 heteroatoms. The van der Waals surface area contributed by atoms with Gasteiger partial charge in [-0.2, -0.15) is 0 Å². The van der Waals surface area contributed by atoms with Crippen LogP contribution in [0.25, 0.3) is 16.8 Å². The van der Waals surface area contributed by atoms with Gasteiger partial charge in [0.25, 0.3) is 5.91 Å². The minimum absolute atomic E-state index is 0.0424. The van der Waals surface area contributed by atoms with E-state index in [1.807, 2.05) is 18.2 Å². The number of nitrogen functional groups attached to an aromatic ring is 1. The van der Waals surface area contributed by atoms with Gasteiger partial charge < -0.3 is 15.8 Å². The molecule has 168 valence electrons. The summed E-state index contributed by atoms with van der Waals surface area (Å²) in [6, 6.07) is 10.2. The molecular weight excluding hydrogens is 425 g/mol. The Kier molecular flexibility index (Phi) is 5.45. The lowest BCUT2D eigenvalue weighted by molar-refractivity contribution is 0.00506. The van der Waals surface area contributed by atoms with Gasteiger partial charge in [-0.05, 0) is 24.2 Å². The van der Waals surface area contributed by atoms with E-state index in [-0.39, 0.29) is 23.1 Å². The number of pyridine rings is 1. The summed E-state index contributed by atoms with van der Waals surface area (Å²) in [6.07, 6.45) is 5.36. The molecule has 5 rings (SSSR count). The third-order valence-corrected chi connectivity index (χ3v) is 5.77. The van der Waals surface area contributed by atoms with Gasteiger partial charge in [-0.1, -0.05) is 24.3 Å². The lowest BCUT2D eigenvalue weighted by Crippen LogP contribution is -2.36. The second-order valence-electron chi connectivity index (χ2n) is 7.87. The number of nitrogens with two attached hydrogens (primary N) is 1. The number of amides is 1. The highest BCUT2D eigenvalue weighted by Gasteiger charge is 2.23. The maximum Gasteiger partial charge on any atom is 0.263 e. The van der Waals surface area contributed by atoms with Crippen LogP contribution >= 0.6 is 0 Å². The van der Waals surface area contributed by atoms with Gasteiger partial charge >= 0.3 is 0 Å². The third-order valence-electron chi connectivity index (χ3n) is 5.77. The first-order valence-corrected chi connectivity index (χ1v) is 10.4. The van der Waals surface area contributed by atoms with Gasteiger partial charge in [0, 0.05) is 18.3 Å². The van der Waals surface area contributed by atoms with Crippen molar-refractivity contribution in [2.75, 3.05) is 37.9 Å². The van der Waals surface area contributed by atoms with E-state index in [1.54, 1.807) is 12.4 Å². The van der Waals surface area contributed by atoms with Crippen molar-refractivity contribution in [1.29, 1.82) is 0 Å². The number of carbonyl (C=O) groups is 1. The van der Waals surface area contributed by atoms with Crippen molar-refractivity contribution >= 4 is 23.1 Å². The Hall–Kier alpha value is -3.89. The molecule has 33 heavy (non-hydrogen) atoms. The molecule has 0 radical (unpaired) electrons. The Labute approximate surface area is 189 Å². The summed E-state index contributed by atoms with van der Waals surface area (Å²) < 4.78 is 20.2. The van der Waals surface area contributed by atoms with Crippen molar-refractivity contribution < 1.29 is 13.9 Å². The molecule has 1 amide bonds. The van der Waals surface area contributed by atoms with Gasteiger partial charge in [0.1, 0.15) is 5.56 Å². The molecule has 4 heterocycles. The fraction of sp³-hybridized carbons (Fsp3) is 0.217. The van der Waals surface area contributed by atoms with Crippen molar-refractivity contribution in [3.8, 4) is 11.1 Å². The monoisotopic (exact) mass is 447 g/mol. The van der Waals surface area contributed by atoms with Crippen LogP contribution in [0.15, 0.2) is 55.1 Å². The van der Waals surface area contributed by atoms with Crippen LogP contribution in [0.4, 0.5) is 15.9 Å². The van der Waals surface area contributed by atoms with E-state index in [4.69, 9.17) is 10.5 Å². The molecule has 0 bridgehead atoms. The maximum absolute atomic E-state index is 13.5. The number of hydrogen-bond acceptors (Lipinski definition) is 7. The number of nitrogens with one attached hydrogen (secondary N) is 1. The molecule has 9 nitrogen and oxygen atoms in total. The largest absolute Gasteiger partial charge is 0.381 e. The Bertz CT molecular complexity index is 1320. The summed E-state index contributed by atoms with van der Waals surface area (Å²) in [4.78, 5) is 23.4. The van der Waals surface area contributed by atoms with Crippen molar-refractivity contribution in [3.63, 3.8) is 0 Å². The smallest absolute Gasteiger partial charge is 0.263 e. The fourth-order valence-electron chi connectivity index (χ4n) is 4.00. The number of hydrogen-bond donors (Lipinski definition) is 2. The van der Waals surface area contributed by atoms with Crippen LogP contribution in [0, 0.1) is 5.82 Å². The zero-order valence-electron chi connectivity index (χ0n) is 17.9. The van der Waals surface area contributed by atoms with Crippen molar-refractivity contribution in [1.82, 2.24) is 24.5 Å². The number of carbonyl (C=O) groups excluding carboxylic acids is 1. The van der Waals surface area contributed by atoms with Gasteiger partial charge in [0.15, 0.2) is 17.3 Å². The highest BCUT2D eigenvalue weighted by Crippen LogP contribution is 2.31. The second-order valence-corrected chi connectivity index (χ2v) is 7.87. The summed E-state index contributed by atoms with van der Waals surface area (Å²) in [5.74, 6) is -1.13. The van der Waals surface area contributed by atoms with Crippen LogP contribution in [0.3, 0.4) is 0 Å². The molecule has 0 spiro atoms. The van der Waals surface area contributed by atoms with E-state index >= 15 is 0 Å². The van der Waals surface area contributed by atoms with Crippen LogP contribution in [0.1, 0.15) is 22.0 Å². The van der Waals surface area contributed by atoms with Crippen LogP contribution in [-0.4, -0.2) is 57.2 Å². The van der Waals surface area contributed by atoms with Gasteiger partial charge in [-0.15, -0.1) is 5.10 Å². The molecule has 0 saturated carbocycles. The van der Waals surface area contributed by atoms with E-state index in [2.05, 4.69) is 44.5 Å². The lowest BCUT2D eigenvalue weighted by Gasteiger charge is -2.32. The fourth-order valence-corrected chi connectivity index (χ4v) is 4.00. The average molecular weight is 447 g/mol. The molecule has 0 aliphatic carbocycles. The molecule has 0 unspecified atom stereocenters. The number of benzene rings is 1. The summed E-state index contributed by atoms with van der Waals surface area (Å²) in [5.41, 5.74) is 9.55. The number of halogens is 1. The predicted molar refractivity (Wildman–Crippen MR) is 121 cm³/mol. The Morgan fingerprint density at radius 1 is 1.24 bits per heavy atom. The zero-order chi connectivity index (χ0) is 22.9. The van der Waals surface area contributed by atoms with Crippen molar-refractivity contribution in [3.05, 3.63) is 72.1 Å². The third kappa shape index (κ3) is 4.01. The highest BCUT2D eigenvalue weighted by atomic mass is 19.1. The molecule has 1 atom stereocenters. The van der Waals surface area contributed by atoms with Gasteiger partial charge in [0.2, 0.25) is 0 Å². The second kappa shape index (κ2) is 8.57. The maximum atomic E-state index is 13.5. The van der Waals surface area contributed by atoms with Gasteiger partial charge in [0.05, 0.1) is 43.5 Å². The van der Waals surface area contributed by atoms with Crippen molar-refractivity contribution in [2.24, 2.45) is 0 Å². The standard InChI is InChI=1S/C23H22FN7O2/c1-30-8-9-33-13-19(30)15-4-2-14(3-5-15)17-6-7-26-11-18(17)28-23(32)20-21(25)29-31-12-16(24)10-27-22(20)31/h2-7,10-12,19H,8-9,13H2,1H3,(H2,25,29)(H,28,32)/t19-/m1/s1. The molecule has 4 aromatic rings. The molecule has 1 aromatic carbocycles. The minimum Gasteiger partial charge on any atom is -0.381 e. The number of ether oxygens (including phenoxy) is 1. The number of rotatable bonds is 4. The SMILES string of the molecule is CN1CCOC[C@@H]1c1ccc(-c2ccncc2NC(=O)c2c(N)nn3cc(F)cnc23)cc1. The molecule has 1 fully saturated rings. The first-order chi connectivity index (χ1) is 16.0. The Morgan fingerprint density at radius 2 is 2.06 bits per heavy atom. The van der Waals surface area contributed by atoms with E-state index in [0.29, 0.717) is 12.3 Å². The van der Waals surface area contributed by atoms with E-state index in [9.17, 15) is 9.18 Å². The van der Waals surface area contributed by atoms with E-state index < -0.39 is 11.7 Å². The molecule has 1 aliphatic heterocycles. The molecule has 1 saturated heterocycles. The molecule has 1 aliphatic rings. The highest BCUT2D eigenvalue weighted by molar-refractivity contribution is 6.12. The quantitative estimate of drug-likeness (QED) is 0.495. The minimum atomic E-state index is -0.582. The number of likely N-dealkylation sites (N-methyl/N-ethyl adjacent to an activating group) is 1. The summed E-state index contributed by atoms with van der Waals surface area (Å²) in [7, 11) is 2.09. The van der Waals surface area contributed by atoms with E-state index in [1.165, 1.54) is 0 Å². The van der Waals surface area contributed by atoms with Crippen molar-refractivity contribution in [2.45, 2.75) is 6.04 Å². The van der Waals surface area contributed by atoms with Crippen LogP contribution < -0.4 is 11.1 Å². The Morgan fingerprint density at radius 3 is 2.85 bits per heavy atom. The summed E-state index contributed by atoms with van der Waals surface area (Å²) in [6.45, 7) is 2.29. The predicted octanol–water partition coefficient (Wildman–Crippen LogP) is 2.77. The normalized spacial score (nSPS) is 16.7. The molecule has 3 aromatic heterocycles. The first-order valence-electron chi connectivity index (χ1n) is 10.4. The van der Waals surface area contributed by atoms with Crippen LogP contribution in [0.5, 0.6) is 0 Å². The first kappa shape index (κ1) is 21.0. The van der Waals surface area contributed by atoms with Gasteiger partial charge in [-0.3, -0.25) is 14.7 Å². The topological polar surface area (TPSA) is 111 Å². The van der Waals surface area contributed by atoms with Crippen LogP contribution in [0.2, 0.25) is 0 Å². The summed E-state index contributed by atoms with van der Waals surface area (Å²) in [5, 5.41) is 6.83.